The van der Waals surface area contributed by atoms with Crippen LogP contribution in [0.1, 0.15) is 34.2 Å². The van der Waals surface area contributed by atoms with Crippen molar-refractivity contribution in [1.29, 1.82) is 0 Å². The Labute approximate surface area is 154 Å². The predicted molar refractivity (Wildman–Crippen MR) is 103 cm³/mol. The summed E-state index contributed by atoms with van der Waals surface area (Å²) in [6, 6.07) is 8.33. The van der Waals surface area contributed by atoms with E-state index in [1.54, 1.807) is 0 Å². The first-order chi connectivity index (χ1) is 11.7. The van der Waals surface area contributed by atoms with Crippen LogP contribution in [0.5, 0.6) is 0 Å². The molecule has 1 aromatic heterocycles. The summed E-state index contributed by atoms with van der Waals surface area (Å²) in [4.78, 5) is 14.7. The molecule has 0 radical (unpaired) electrons. The molecule has 0 fully saturated rings. The van der Waals surface area contributed by atoms with Crippen LogP contribution in [0.4, 0.5) is 5.69 Å². The van der Waals surface area contributed by atoms with Crippen molar-refractivity contribution in [1.82, 2.24) is 20.8 Å². The van der Waals surface area contributed by atoms with Gasteiger partial charge in [-0.05, 0) is 25.5 Å². The highest BCUT2D eigenvalue weighted by molar-refractivity contribution is 5.94. The van der Waals surface area contributed by atoms with Crippen LogP contribution in [0.2, 0.25) is 0 Å². The maximum absolute atomic E-state index is 12.4. The van der Waals surface area contributed by atoms with E-state index in [2.05, 4.69) is 51.7 Å². The van der Waals surface area contributed by atoms with Gasteiger partial charge in [0.05, 0.1) is 0 Å². The first-order valence-electron chi connectivity index (χ1n) is 8.56. The van der Waals surface area contributed by atoms with Crippen LogP contribution in [0, 0.1) is 6.92 Å². The maximum Gasteiger partial charge on any atom is 0.272 e. The van der Waals surface area contributed by atoms with Gasteiger partial charge in [0.25, 0.3) is 5.91 Å². The van der Waals surface area contributed by atoms with Gasteiger partial charge in [0, 0.05) is 56.1 Å². The van der Waals surface area contributed by atoms with E-state index in [0.29, 0.717) is 18.8 Å². The van der Waals surface area contributed by atoms with Gasteiger partial charge in [0.2, 0.25) is 0 Å². The zero-order chi connectivity index (χ0) is 16.9. The molecule has 1 aliphatic rings. The summed E-state index contributed by atoms with van der Waals surface area (Å²) in [5.74, 6) is -0.1000. The van der Waals surface area contributed by atoms with E-state index in [1.165, 1.54) is 11.3 Å². The van der Waals surface area contributed by atoms with E-state index in [-0.39, 0.29) is 18.3 Å². The fourth-order valence-electron chi connectivity index (χ4n) is 3.17. The lowest BCUT2D eigenvalue weighted by atomic mass is 10.1. The summed E-state index contributed by atoms with van der Waals surface area (Å²) >= 11 is 0. The molecule has 0 bridgehead atoms. The van der Waals surface area contributed by atoms with Gasteiger partial charge in [0.15, 0.2) is 5.69 Å². The number of amides is 1. The van der Waals surface area contributed by atoms with Crippen molar-refractivity contribution in [3.05, 3.63) is 46.8 Å². The molecule has 3 N–H and O–H groups in total. The predicted octanol–water partition coefficient (Wildman–Crippen LogP) is 2.04. The summed E-state index contributed by atoms with van der Waals surface area (Å²) in [5, 5.41) is 13.5. The molecule has 3 rings (SSSR count). The number of hydrogen-bond donors (Lipinski definition) is 3. The number of aromatic nitrogens is 2. The quantitative estimate of drug-likeness (QED) is 0.734. The summed E-state index contributed by atoms with van der Waals surface area (Å²) in [6.07, 6.45) is 0.895. The molecule has 1 aromatic carbocycles. The average Bonchev–Trinajstić information content (AvgIpc) is 3.04. The molecule has 25 heavy (non-hydrogen) atoms. The third kappa shape index (κ3) is 4.32. The smallest absolute Gasteiger partial charge is 0.272 e. The van der Waals surface area contributed by atoms with Crippen LogP contribution in [-0.4, -0.2) is 42.3 Å². The van der Waals surface area contributed by atoms with E-state index in [9.17, 15) is 4.79 Å². The van der Waals surface area contributed by atoms with Gasteiger partial charge in [-0.1, -0.05) is 18.2 Å². The SMILES string of the molecule is CCN(CCNC(=O)c1n[nH]c2c1CNCC2)c1ccccc1C.Cl. The number of fused-ring (bicyclic) bond motifs is 1. The van der Waals surface area contributed by atoms with E-state index in [4.69, 9.17) is 0 Å². The highest BCUT2D eigenvalue weighted by Crippen LogP contribution is 2.18. The Hall–Kier alpha value is -2.05. The zero-order valence-corrected chi connectivity index (χ0v) is 15.6. The number of hydrogen-bond acceptors (Lipinski definition) is 4. The number of nitrogens with one attached hydrogen (secondary N) is 3. The van der Waals surface area contributed by atoms with Gasteiger partial charge in [-0.15, -0.1) is 12.4 Å². The van der Waals surface area contributed by atoms with Gasteiger partial charge in [0.1, 0.15) is 0 Å². The number of aryl methyl sites for hydroxylation is 1. The largest absolute Gasteiger partial charge is 0.370 e. The van der Waals surface area contributed by atoms with Crippen molar-refractivity contribution in [2.45, 2.75) is 26.8 Å². The monoisotopic (exact) mass is 363 g/mol. The van der Waals surface area contributed by atoms with E-state index < -0.39 is 0 Å². The molecule has 1 amide bonds. The molecule has 6 nitrogen and oxygen atoms in total. The fraction of sp³-hybridized carbons (Fsp3) is 0.444. The summed E-state index contributed by atoms with van der Waals surface area (Å²) in [6.45, 7) is 8.15. The number of para-hydroxylation sites is 1. The Morgan fingerprint density at radius 3 is 2.92 bits per heavy atom. The molecular formula is C18H26ClN5O. The first-order valence-corrected chi connectivity index (χ1v) is 8.56. The normalized spacial score (nSPS) is 12.9. The number of H-pyrrole nitrogens is 1. The third-order valence-corrected chi connectivity index (χ3v) is 4.53. The van der Waals surface area contributed by atoms with Crippen molar-refractivity contribution < 1.29 is 4.79 Å². The van der Waals surface area contributed by atoms with Gasteiger partial charge >= 0.3 is 0 Å². The van der Waals surface area contributed by atoms with Crippen LogP contribution in [0.25, 0.3) is 0 Å². The van der Waals surface area contributed by atoms with E-state index >= 15 is 0 Å². The zero-order valence-electron chi connectivity index (χ0n) is 14.8. The summed E-state index contributed by atoms with van der Waals surface area (Å²) in [5.41, 5.74) is 5.07. The first kappa shape index (κ1) is 19.3. The highest BCUT2D eigenvalue weighted by atomic mass is 35.5. The van der Waals surface area contributed by atoms with Gasteiger partial charge in [-0.25, -0.2) is 0 Å². The van der Waals surface area contributed by atoms with Gasteiger partial charge < -0.3 is 15.5 Å². The maximum atomic E-state index is 12.4. The fourth-order valence-corrected chi connectivity index (χ4v) is 3.17. The molecule has 0 aliphatic carbocycles. The summed E-state index contributed by atoms with van der Waals surface area (Å²) < 4.78 is 0. The minimum Gasteiger partial charge on any atom is -0.370 e. The number of halogens is 1. The molecule has 2 aromatic rings. The van der Waals surface area contributed by atoms with Crippen molar-refractivity contribution >= 4 is 24.0 Å². The molecule has 0 saturated heterocycles. The number of carbonyl (C=O) groups excluding carboxylic acids is 1. The van der Waals surface area contributed by atoms with Crippen LogP contribution < -0.4 is 15.5 Å². The van der Waals surface area contributed by atoms with E-state index in [0.717, 1.165) is 37.3 Å². The molecule has 136 valence electrons. The van der Waals surface area contributed by atoms with Crippen molar-refractivity contribution in [2.75, 3.05) is 31.1 Å². The number of nitrogens with zero attached hydrogens (tertiary/aromatic N) is 2. The Morgan fingerprint density at radius 2 is 2.16 bits per heavy atom. The Kier molecular flexibility index (Phi) is 6.84. The van der Waals surface area contributed by atoms with Crippen LogP contribution >= 0.6 is 12.4 Å². The van der Waals surface area contributed by atoms with Crippen LogP contribution in [-0.2, 0) is 13.0 Å². The number of aromatic amines is 1. The molecule has 0 atom stereocenters. The topological polar surface area (TPSA) is 73.0 Å². The number of likely N-dealkylation sites (N-methyl/N-ethyl adjacent to an activating group) is 1. The lowest BCUT2D eigenvalue weighted by Gasteiger charge is -2.25. The van der Waals surface area contributed by atoms with Crippen molar-refractivity contribution in [2.24, 2.45) is 0 Å². The van der Waals surface area contributed by atoms with E-state index in [1.807, 2.05) is 12.1 Å². The van der Waals surface area contributed by atoms with Gasteiger partial charge in [-0.2, -0.15) is 5.10 Å². The van der Waals surface area contributed by atoms with Crippen molar-refractivity contribution in [3.63, 3.8) is 0 Å². The number of benzene rings is 1. The second kappa shape index (κ2) is 8.87. The molecule has 1 aliphatic heterocycles. The summed E-state index contributed by atoms with van der Waals surface area (Å²) in [7, 11) is 0. The third-order valence-electron chi connectivity index (χ3n) is 4.53. The average molecular weight is 364 g/mol. The minimum atomic E-state index is -0.1000. The number of carbonyl (C=O) groups is 1. The molecular weight excluding hydrogens is 338 g/mol. The number of rotatable bonds is 6. The van der Waals surface area contributed by atoms with Gasteiger partial charge in [-0.3, -0.25) is 9.89 Å². The molecule has 0 saturated carbocycles. The van der Waals surface area contributed by atoms with Crippen molar-refractivity contribution in [3.8, 4) is 0 Å². The Bertz CT molecular complexity index is 715. The van der Waals surface area contributed by atoms with Crippen LogP contribution in [0.3, 0.4) is 0 Å². The molecule has 7 heteroatoms. The lowest BCUT2D eigenvalue weighted by molar-refractivity contribution is 0.0948. The minimum absolute atomic E-state index is 0. The Balaban J connectivity index is 0.00000225. The molecule has 0 spiro atoms. The second-order valence-corrected chi connectivity index (χ2v) is 6.08. The molecule has 2 heterocycles. The second-order valence-electron chi connectivity index (χ2n) is 6.08. The lowest BCUT2D eigenvalue weighted by Crippen LogP contribution is -2.36. The molecule has 0 unspecified atom stereocenters. The Morgan fingerprint density at radius 1 is 1.36 bits per heavy atom. The highest BCUT2D eigenvalue weighted by Gasteiger charge is 2.21. The standard InChI is InChI=1S/C18H25N5O.ClH/c1-3-23(16-7-5-4-6-13(16)2)11-10-20-18(24)17-14-12-19-9-8-15(14)21-22-17;/h4-7,19H,3,8-12H2,1-2H3,(H,20,24)(H,21,22);1H. The number of anilines is 1. The van der Waals surface area contributed by atoms with Crippen LogP contribution in [0.15, 0.2) is 24.3 Å².